The molecule has 0 spiro atoms. The smallest absolute Gasteiger partial charge is 0.0912 e. The third-order valence-electron chi connectivity index (χ3n) is 1.06. The topological polar surface area (TPSA) is 41.6 Å². The molecule has 0 fully saturated rings. The zero-order chi connectivity index (χ0) is 7.40. The van der Waals surface area contributed by atoms with Gasteiger partial charge in [0.1, 0.15) is 0 Å². The van der Waals surface area contributed by atoms with Gasteiger partial charge in [-0.25, -0.2) is 0 Å². The average molecular weight is 133 g/mol. The lowest BCUT2D eigenvalue weighted by molar-refractivity contribution is 0.764. The van der Waals surface area contributed by atoms with Gasteiger partial charge in [-0.05, 0) is 12.1 Å². The van der Waals surface area contributed by atoms with Crippen molar-refractivity contribution in [3.63, 3.8) is 0 Å². The largest absolute Gasteiger partial charge is 0.275 e. The second-order valence-electron chi connectivity index (χ2n) is 1.88. The van der Waals surface area contributed by atoms with Gasteiger partial charge in [0, 0.05) is 19.3 Å². The van der Waals surface area contributed by atoms with Crippen LogP contribution in [0, 0.1) is 11.3 Å². The van der Waals surface area contributed by atoms with Crippen LogP contribution in [0.3, 0.4) is 0 Å². The fourth-order valence-corrected chi connectivity index (χ4v) is 0.645. The standard InChI is InChI=1S/C7H7N3/c1-10-6-4-7(9-10)3-2-5-8/h2-4,6H,1H3. The van der Waals surface area contributed by atoms with Crippen LogP contribution in [0.1, 0.15) is 5.69 Å². The maximum Gasteiger partial charge on any atom is 0.0912 e. The highest BCUT2D eigenvalue weighted by Gasteiger charge is 1.87. The molecule has 3 nitrogen and oxygen atoms in total. The number of allylic oxidation sites excluding steroid dienone is 1. The number of hydrogen-bond acceptors (Lipinski definition) is 2. The Morgan fingerprint density at radius 1 is 1.80 bits per heavy atom. The van der Waals surface area contributed by atoms with Gasteiger partial charge in [0.15, 0.2) is 0 Å². The summed E-state index contributed by atoms with van der Waals surface area (Å²) in [5.74, 6) is 0. The summed E-state index contributed by atoms with van der Waals surface area (Å²) < 4.78 is 1.69. The zero-order valence-corrected chi connectivity index (χ0v) is 5.65. The van der Waals surface area contributed by atoms with Crippen molar-refractivity contribution in [1.29, 1.82) is 5.26 Å². The maximum absolute atomic E-state index is 8.16. The second kappa shape index (κ2) is 2.83. The first-order valence-corrected chi connectivity index (χ1v) is 2.89. The Morgan fingerprint density at radius 2 is 2.60 bits per heavy atom. The Bertz CT molecular complexity index is 277. The van der Waals surface area contributed by atoms with Gasteiger partial charge in [0.05, 0.1) is 11.8 Å². The summed E-state index contributed by atoms with van der Waals surface area (Å²) in [5.41, 5.74) is 0.809. The molecule has 0 bridgehead atoms. The fraction of sp³-hybridized carbons (Fsp3) is 0.143. The first-order valence-electron chi connectivity index (χ1n) is 2.89. The number of hydrogen-bond donors (Lipinski definition) is 0. The van der Waals surface area contributed by atoms with Crippen LogP contribution in [0.2, 0.25) is 0 Å². The van der Waals surface area contributed by atoms with Crippen LogP contribution in [0.15, 0.2) is 18.3 Å². The minimum atomic E-state index is 0.809. The molecule has 1 rings (SSSR count). The predicted octanol–water partition coefficient (Wildman–Crippen LogP) is 0.957. The average Bonchev–Trinajstić information content (AvgIpc) is 2.31. The second-order valence-corrected chi connectivity index (χ2v) is 1.88. The quantitative estimate of drug-likeness (QED) is 0.535. The van der Waals surface area contributed by atoms with Crippen LogP contribution in [0.5, 0.6) is 0 Å². The molecule has 1 heterocycles. The van der Waals surface area contributed by atoms with Crippen LogP contribution < -0.4 is 0 Å². The number of aromatic nitrogens is 2. The Hall–Kier alpha value is -1.56. The van der Waals surface area contributed by atoms with Crippen molar-refractivity contribution in [2.75, 3.05) is 0 Å². The minimum Gasteiger partial charge on any atom is -0.275 e. The van der Waals surface area contributed by atoms with E-state index in [0.29, 0.717) is 0 Å². The van der Waals surface area contributed by atoms with Crippen molar-refractivity contribution in [2.24, 2.45) is 7.05 Å². The van der Waals surface area contributed by atoms with Gasteiger partial charge in [-0.15, -0.1) is 0 Å². The van der Waals surface area contributed by atoms with Crippen LogP contribution in [-0.4, -0.2) is 9.78 Å². The molecule has 50 valence electrons. The van der Waals surface area contributed by atoms with Crippen LogP contribution in [0.4, 0.5) is 0 Å². The Morgan fingerprint density at radius 3 is 3.10 bits per heavy atom. The molecule has 0 aromatic carbocycles. The van der Waals surface area contributed by atoms with E-state index in [1.807, 2.05) is 25.4 Å². The molecule has 1 aromatic rings. The highest BCUT2D eigenvalue weighted by Crippen LogP contribution is 1.95. The summed E-state index contributed by atoms with van der Waals surface area (Å²) >= 11 is 0. The third kappa shape index (κ3) is 1.46. The number of rotatable bonds is 1. The van der Waals surface area contributed by atoms with E-state index in [9.17, 15) is 0 Å². The summed E-state index contributed by atoms with van der Waals surface area (Å²) in [4.78, 5) is 0. The monoisotopic (exact) mass is 133 g/mol. The summed E-state index contributed by atoms with van der Waals surface area (Å²) in [6.45, 7) is 0. The van der Waals surface area contributed by atoms with Gasteiger partial charge in [0.25, 0.3) is 0 Å². The Kier molecular flexibility index (Phi) is 1.86. The van der Waals surface area contributed by atoms with Crippen molar-refractivity contribution in [2.45, 2.75) is 0 Å². The summed E-state index contributed by atoms with van der Waals surface area (Å²) in [6, 6.07) is 3.74. The predicted molar refractivity (Wildman–Crippen MR) is 37.9 cm³/mol. The Labute approximate surface area is 59.2 Å². The van der Waals surface area contributed by atoms with Crippen molar-refractivity contribution < 1.29 is 0 Å². The highest BCUT2D eigenvalue weighted by atomic mass is 15.2. The molecule has 0 atom stereocenters. The van der Waals surface area contributed by atoms with E-state index in [4.69, 9.17) is 5.26 Å². The molecule has 0 N–H and O–H groups in total. The fourth-order valence-electron chi connectivity index (χ4n) is 0.645. The SMILES string of the molecule is Cn1ccc(C=CC#N)n1. The molecule has 0 unspecified atom stereocenters. The molecular formula is C7H7N3. The molecule has 0 saturated heterocycles. The van der Waals surface area contributed by atoms with Crippen LogP contribution >= 0.6 is 0 Å². The summed E-state index contributed by atoms with van der Waals surface area (Å²) in [5, 5.41) is 12.2. The van der Waals surface area contributed by atoms with Gasteiger partial charge in [0.2, 0.25) is 0 Å². The molecule has 0 saturated carbocycles. The molecule has 3 heteroatoms. The van der Waals surface area contributed by atoms with E-state index in [1.54, 1.807) is 10.8 Å². The van der Waals surface area contributed by atoms with Gasteiger partial charge >= 0.3 is 0 Å². The number of nitriles is 1. The highest BCUT2D eigenvalue weighted by molar-refractivity contribution is 5.46. The van der Waals surface area contributed by atoms with Gasteiger partial charge in [-0.2, -0.15) is 10.4 Å². The molecular weight excluding hydrogens is 126 g/mol. The van der Waals surface area contributed by atoms with Gasteiger partial charge in [-0.1, -0.05) is 0 Å². The molecule has 10 heavy (non-hydrogen) atoms. The molecule has 0 radical (unpaired) electrons. The first-order chi connectivity index (χ1) is 4.83. The lowest BCUT2D eigenvalue weighted by atomic mass is 10.4. The summed E-state index contributed by atoms with van der Waals surface area (Å²) in [7, 11) is 1.84. The maximum atomic E-state index is 8.16. The van der Waals surface area contributed by atoms with E-state index >= 15 is 0 Å². The van der Waals surface area contributed by atoms with E-state index in [2.05, 4.69) is 5.10 Å². The van der Waals surface area contributed by atoms with Crippen LogP contribution in [-0.2, 0) is 7.05 Å². The minimum absolute atomic E-state index is 0.809. The molecule has 1 aromatic heterocycles. The van der Waals surface area contributed by atoms with E-state index in [-0.39, 0.29) is 0 Å². The van der Waals surface area contributed by atoms with Crippen molar-refractivity contribution in [3.05, 3.63) is 24.0 Å². The number of aryl methyl sites for hydroxylation is 1. The molecule has 0 aliphatic heterocycles. The lowest BCUT2D eigenvalue weighted by Gasteiger charge is -1.81. The Balaban J connectivity index is 2.78. The lowest BCUT2D eigenvalue weighted by Crippen LogP contribution is -1.86. The molecule has 0 amide bonds. The van der Waals surface area contributed by atoms with Crippen molar-refractivity contribution in [3.8, 4) is 6.07 Å². The third-order valence-corrected chi connectivity index (χ3v) is 1.06. The van der Waals surface area contributed by atoms with Gasteiger partial charge < -0.3 is 0 Å². The van der Waals surface area contributed by atoms with E-state index in [0.717, 1.165) is 5.69 Å². The van der Waals surface area contributed by atoms with Gasteiger partial charge in [-0.3, -0.25) is 4.68 Å². The van der Waals surface area contributed by atoms with E-state index in [1.165, 1.54) is 6.08 Å². The van der Waals surface area contributed by atoms with E-state index < -0.39 is 0 Å². The zero-order valence-electron chi connectivity index (χ0n) is 5.65. The van der Waals surface area contributed by atoms with Crippen molar-refractivity contribution >= 4 is 6.08 Å². The molecule has 0 aliphatic rings. The molecule has 0 aliphatic carbocycles. The first kappa shape index (κ1) is 6.56. The van der Waals surface area contributed by atoms with Crippen molar-refractivity contribution in [1.82, 2.24) is 9.78 Å². The van der Waals surface area contributed by atoms with Crippen LogP contribution in [0.25, 0.3) is 6.08 Å². The normalized spacial score (nSPS) is 10.0. The summed E-state index contributed by atoms with van der Waals surface area (Å²) in [6.07, 6.45) is 4.90. The number of nitrogens with zero attached hydrogens (tertiary/aromatic N) is 3.